The average Bonchev–Trinajstić information content (AvgIpc) is 2.62. The highest BCUT2D eigenvalue weighted by atomic mass is 16.5. The number of likely N-dealkylation sites (tertiary alicyclic amines) is 1. The molecule has 7 nitrogen and oxygen atoms in total. The second kappa shape index (κ2) is 8.41. The Kier molecular flexibility index (Phi) is 6.27. The monoisotopic (exact) mass is 344 g/mol. The van der Waals surface area contributed by atoms with Gasteiger partial charge in [0, 0.05) is 18.8 Å². The van der Waals surface area contributed by atoms with Gasteiger partial charge in [0.2, 0.25) is 0 Å². The molecule has 1 aliphatic heterocycles. The molecule has 2 rings (SSSR count). The van der Waals surface area contributed by atoms with Crippen LogP contribution in [0.15, 0.2) is 23.3 Å². The standard InChI is InChI=1S/C18H24N4O3/c1-12-4-7-16(21-20-9-8-19)15(10-12)17(23)22-11-14(18(24)25-3)6-5-13(22)2/h4,7-10,13-14,19,21H,5-6,11H2,1-3H3/b19-8?,20-9-/t13-,14-/m1/s1. The van der Waals surface area contributed by atoms with Crippen molar-refractivity contribution >= 4 is 30.0 Å². The zero-order valence-electron chi connectivity index (χ0n) is 14.8. The van der Waals surface area contributed by atoms with Crippen molar-refractivity contribution in [2.45, 2.75) is 32.7 Å². The van der Waals surface area contributed by atoms with E-state index in [0.29, 0.717) is 17.8 Å². The lowest BCUT2D eigenvalue weighted by molar-refractivity contribution is -0.147. The highest BCUT2D eigenvalue weighted by molar-refractivity contribution is 6.14. The Balaban J connectivity index is 2.28. The molecule has 2 N–H and O–H groups in total. The number of esters is 1. The maximum Gasteiger partial charge on any atom is 0.310 e. The Morgan fingerprint density at radius 1 is 1.40 bits per heavy atom. The quantitative estimate of drug-likeness (QED) is 0.487. The second-order valence-corrected chi connectivity index (χ2v) is 6.21. The molecule has 0 saturated carbocycles. The summed E-state index contributed by atoms with van der Waals surface area (Å²) in [5, 5.41) is 10.9. The third kappa shape index (κ3) is 4.43. The minimum absolute atomic E-state index is 0.0480. The van der Waals surface area contributed by atoms with E-state index in [1.165, 1.54) is 13.3 Å². The fourth-order valence-electron chi connectivity index (χ4n) is 2.98. The van der Waals surface area contributed by atoms with Gasteiger partial charge in [0.15, 0.2) is 0 Å². The van der Waals surface area contributed by atoms with Crippen LogP contribution in [0.3, 0.4) is 0 Å². The molecule has 2 atom stereocenters. The SMILES string of the molecule is COC(=O)[C@@H]1CC[C@@H](C)N(C(=O)c2cc(C)ccc2N/N=C\C=N)C1. The molecule has 0 radical (unpaired) electrons. The van der Waals surface area contributed by atoms with Gasteiger partial charge in [0.1, 0.15) is 0 Å². The lowest BCUT2D eigenvalue weighted by Gasteiger charge is -2.37. The molecule has 1 amide bonds. The van der Waals surface area contributed by atoms with Crippen molar-refractivity contribution in [2.24, 2.45) is 11.0 Å². The average molecular weight is 344 g/mol. The van der Waals surface area contributed by atoms with E-state index in [1.807, 2.05) is 19.9 Å². The molecule has 0 unspecified atom stereocenters. The molecule has 0 spiro atoms. The van der Waals surface area contributed by atoms with Gasteiger partial charge in [-0.1, -0.05) is 11.6 Å². The number of carbonyl (C=O) groups is 2. The number of ether oxygens (including phenoxy) is 1. The van der Waals surface area contributed by atoms with E-state index in [4.69, 9.17) is 10.1 Å². The number of methoxy groups -OCH3 is 1. The highest BCUT2D eigenvalue weighted by Gasteiger charge is 2.34. The first-order chi connectivity index (χ1) is 12.0. The molecule has 1 fully saturated rings. The fraction of sp³-hybridized carbons (Fsp3) is 0.444. The number of hydrogen-bond donors (Lipinski definition) is 2. The maximum absolute atomic E-state index is 13.1. The van der Waals surface area contributed by atoms with Gasteiger partial charge in [-0.25, -0.2) is 0 Å². The highest BCUT2D eigenvalue weighted by Crippen LogP contribution is 2.27. The number of amides is 1. The molecule has 1 aromatic rings. The van der Waals surface area contributed by atoms with Crippen molar-refractivity contribution in [3.8, 4) is 0 Å². The van der Waals surface area contributed by atoms with Crippen LogP contribution in [0.25, 0.3) is 0 Å². The number of hydrazone groups is 1. The fourth-order valence-corrected chi connectivity index (χ4v) is 2.98. The normalized spacial score (nSPS) is 20.4. The minimum atomic E-state index is -0.290. The predicted molar refractivity (Wildman–Crippen MR) is 97.3 cm³/mol. The molecule has 1 aliphatic rings. The van der Waals surface area contributed by atoms with Gasteiger partial charge in [-0.15, -0.1) is 0 Å². The summed E-state index contributed by atoms with van der Waals surface area (Å²) in [6.45, 7) is 4.25. The van der Waals surface area contributed by atoms with Gasteiger partial charge in [0.25, 0.3) is 5.91 Å². The van der Waals surface area contributed by atoms with E-state index in [0.717, 1.165) is 24.6 Å². The minimum Gasteiger partial charge on any atom is -0.469 e. The van der Waals surface area contributed by atoms with Crippen molar-refractivity contribution in [1.82, 2.24) is 4.90 Å². The lowest BCUT2D eigenvalue weighted by Crippen LogP contribution is -2.47. The summed E-state index contributed by atoms with van der Waals surface area (Å²) in [4.78, 5) is 26.7. The number of benzene rings is 1. The number of nitrogens with one attached hydrogen (secondary N) is 2. The first-order valence-electron chi connectivity index (χ1n) is 8.25. The third-order valence-electron chi connectivity index (χ3n) is 4.42. The first-order valence-corrected chi connectivity index (χ1v) is 8.25. The van der Waals surface area contributed by atoms with Gasteiger partial charge >= 0.3 is 5.97 Å². The Morgan fingerprint density at radius 2 is 2.16 bits per heavy atom. The van der Waals surface area contributed by atoms with E-state index in [-0.39, 0.29) is 23.8 Å². The summed E-state index contributed by atoms with van der Waals surface area (Å²) in [7, 11) is 1.37. The van der Waals surface area contributed by atoms with Crippen LogP contribution < -0.4 is 5.43 Å². The van der Waals surface area contributed by atoms with E-state index in [2.05, 4.69) is 10.5 Å². The number of hydrogen-bond acceptors (Lipinski definition) is 6. The number of piperidine rings is 1. The molecule has 0 aromatic heterocycles. The Bertz CT molecular complexity index is 687. The zero-order chi connectivity index (χ0) is 18.4. The smallest absolute Gasteiger partial charge is 0.310 e. The van der Waals surface area contributed by atoms with E-state index in [1.54, 1.807) is 17.0 Å². The van der Waals surface area contributed by atoms with Crippen molar-refractivity contribution in [3.05, 3.63) is 29.3 Å². The van der Waals surface area contributed by atoms with Crippen LogP contribution >= 0.6 is 0 Å². The number of aryl methyl sites for hydroxylation is 1. The molecule has 1 aromatic carbocycles. The van der Waals surface area contributed by atoms with Crippen LogP contribution in [0, 0.1) is 18.3 Å². The Morgan fingerprint density at radius 3 is 2.84 bits per heavy atom. The number of anilines is 1. The molecule has 134 valence electrons. The summed E-state index contributed by atoms with van der Waals surface area (Å²) >= 11 is 0. The second-order valence-electron chi connectivity index (χ2n) is 6.21. The molecule has 1 heterocycles. The van der Waals surface area contributed by atoms with Crippen LogP contribution in [0.1, 0.15) is 35.7 Å². The molecule has 0 bridgehead atoms. The van der Waals surface area contributed by atoms with Crippen molar-refractivity contribution in [2.75, 3.05) is 19.1 Å². The molecule has 7 heteroatoms. The molecular weight excluding hydrogens is 320 g/mol. The summed E-state index contributed by atoms with van der Waals surface area (Å²) in [5.74, 6) is -0.706. The Hall–Kier alpha value is -2.70. The summed E-state index contributed by atoms with van der Waals surface area (Å²) in [6, 6.07) is 5.53. The van der Waals surface area contributed by atoms with Crippen LogP contribution in [0.2, 0.25) is 0 Å². The lowest BCUT2D eigenvalue weighted by atomic mass is 9.92. The first kappa shape index (κ1) is 18.6. The van der Waals surface area contributed by atoms with Crippen LogP contribution in [0.5, 0.6) is 0 Å². The van der Waals surface area contributed by atoms with Gasteiger partial charge < -0.3 is 15.0 Å². The summed E-state index contributed by atoms with van der Waals surface area (Å²) in [5.41, 5.74) is 4.83. The topological polar surface area (TPSA) is 94.8 Å². The van der Waals surface area contributed by atoms with E-state index < -0.39 is 0 Å². The van der Waals surface area contributed by atoms with Crippen LogP contribution in [0.4, 0.5) is 5.69 Å². The van der Waals surface area contributed by atoms with Gasteiger partial charge in [-0.05, 0) is 38.8 Å². The van der Waals surface area contributed by atoms with Crippen LogP contribution in [-0.4, -0.2) is 48.9 Å². The van der Waals surface area contributed by atoms with Gasteiger partial charge in [-0.3, -0.25) is 15.0 Å². The van der Waals surface area contributed by atoms with E-state index in [9.17, 15) is 9.59 Å². The number of rotatable bonds is 5. The molecule has 25 heavy (non-hydrogen) atoms. The maximum atomic E-state index is 13.1. The number of carbonyl (C=O) groups excluding carboxylic acids is 2. The van der Waals surface area contributed by atoms with Crippen molar-refractivity contribution < 1.29 is 14.3 Å². The number of nitrogens with zero attached hydrogens (tertiary/aromatic N) is 2. The van der Waals surface area contributed by atoms with Crippen molar-refractivity contribution in [1.29, 1.82) is 5.41 Å². The van der Waals surface area contributed by atoms with Gasteiger partial charge in [0.05, 0.1) is 30.5 Å². The van der Waals surface area contributed by atoms with Crippen LogP contribution in [-0.2, 0) is 9.53 Å². The largest absolute Gasteiger partial charge is 0.469 e. The van der Waals surface area contributed by atoms with E-state index >= 15 is 0 Å². The molecular formula is C18H24N4O3. The molecule has 1 saturated heterocycles. The summed E-state index contributed by atoms with van der Waals surface area (Å²) < 4.78 is 4.84. The summed E-state index contributed by atoms with van der Waals surface area (Å²) in [6.07, 6.45) is 3.83. The van der Waals surface area contributed by atoms with Crippen molar-refractivity contribution in [3.63, 3.8) is 0 Å². The van der Waals surface area contributed by atoms with Gasteiger partial charge in [-0.2, -0.15) is 5.10 Å². The predicted octanol–water partition coefficient (Wildman–Crippen LogP) is 2.46. The zero-order valence-corrected chi connectivity index (χ0v) is 14.8. The Labute approximate surface area is 147 Å². The third-order valence-corrected chi connectivity index (χ3v) is 4.42. The molecule has 0 aliphatic carbocycles.